The van der Waals surface area contributed by atoms with E-state index in [4.69, 9.17) is 8.94 Å². The summed E-state index contributed by atoms with van der Waals surface area (Å²) in [6.45, 7) is 5.81. The summed E-state index contributed by atoms with van der Waals surface area (Å²) in [5.41, 5.74) is 3.52. The highest BCUT2D eigenvalue weighted by Crippen LogP contribution is 2.24. The molecule has 0 aliphatic rings. The molecule has 7 heteroatoms. The van der Waals surface area contributed by atoms with Gasteiger partial charge in [0, 0.05) is 17.5 Å². The van der Waals surface area contributed by atoms with Crippen molar-refractivity contribution < 1.29 is 8.94 Å². The van der Waals surface area contributed by atoms with Gasteiger partial charge in [-0.05, 0) is 45.0 Å². The Morgan fingerprint density at radius 2 is 1.92 bits per heavy atom. The third-order valence-electron chi connectivity index (χ3n) is 3.64. The minimum atomic E-state index is 0.421. The second-order valence-electron chi connectivity index (χ2n) is 5.61. The van der Waals surface area contributed by atoms with Gasteiger partial charge in [0.05, 0.1) is 11.3 Å². The molecule has 4 heterocycles. The predicted molar refractivity (Wildman–Crippen MR) is 86.6 cm³/mol. The summed E-state index contributed by atoms with van der Waals surface area (Å²) in [4.78, 5) is 8.83. The maximum atomic E-state index is 5.29. The fraction of sp³-hybridized carbons (Fsp3) is 0.176. The molecule has 0 atom stereocenters. The van der Waals surface area contributed by atoms with Gasteiger partial charge in [0.15, 0.2) is 5.82 Å². The molecule has 7 nitrogen and oxygen atoms in total. The van der Waals surface area contributed by atoms with Crippen molar-refractivity contribution in [2.45, 2.75) is 20.8 Å². The summed E-state index contributed by atoms with van der Waals surface area (Å²) in [6.07, 6.45) is 3.30. The molecule has 0 N–H and O–H groups in total. The van der Waals surface area contributed by atoms with Crippen molar-refractivity contribution in [3.63, 3.8) is 0 Å². The zero-order chi connectivity index (χ0) is 16.7. The Morgan fingerprint density at radius 1 is 1.04 bits per heavy atom. The Balaban J connectivity index is 1.64. The van der Waals surface area contributed by atoms with Gasteiger partial charge in [-0.3, -0.25) is 0 Å². The number of hydrogen-bond donors (Lipinski definition) is 0. The molecule has 0 radical (unpaired) electrons. The van der Waals surface area contributed by atoms with Crippen LogP contribution in [0.2, 0.25) is 0 Å². The van der Waals surface area contributed by atoms with Gasteiger partial charge >= 0.3 is 0 Å². The van der Waals surface area contributed by atoms with E-state index in [-0.39, 0.29) is 0 Å². The molecule has 4 aromatic rings. The van der Waals surface area contributed by atoms with Crippen LogP contribution in [0.4, 0.5) is 0 Å². The molecular formula is C17H15N5O2. The topological polar surface area (TPSA) is 82.8 Å². The van der Waals surface area contributed by atoms with Gasteiger partial charge < -0.3 is 8.94 Å². The highest BCUT2D eigenvalue weighted by atomic mass is 16.5. The van der Waals surface area contributed by atoms with Crippen molar-refractivity contribution in [3.8, 4) is 28.7 Å². The quantitative estimate of drug-likeness (QED) is 0.574. The Morgan fingerprint density at radius 3 is 2.54 bits per heavy atom. The van der Waals surface area contributed by atoms with Crippen LogP contribution in [0.25, 0.3) is 28.7 Å². The number of aryl methyl sites for hydroxylation is 3. The molecule has 0 fully saturated rings. The van der Waals surface area contributed by atoms with E-state index < -0.39 is 0 Å². The molecule has 0 saturated heterocycles. The molecule has 0 saturated carbocycles. The van der Waals surface area contributed by atoms with E-state index in [1.807, 2.05) is 45.0 Å². The summed E-state index contributed by atoms with van der Waals surface area (Å²) in [7, 11) is 0. The van der Waals surface area contributed by atoms with Gasteiger partial charge in [0.1, 0.15) is 12.0 Å². The number of aromatic nitrogens is 5. The molecule has 24 heavy (non-hydrogen) atoms. The number of rotatable bonds is 3. The molecule has 0 unspecified atom stereocenters. The van der Waals surface area contributed by atoms with Crippen molar-refractivity contribution in [1.82, 2.24) is 24.9 Å². The molecule has 0 spiro atoms. The number of nitrogens with zero attached hydrogens (tertiary/aromatic N) is 5. The van der Waals surface area contributed by atoms with E-state index >= 15 is 0 Å². The average Bonchev–Trinajstić information content (AvgIpc) is 3.27. The first-order chi connectivity index (χ1) is 11.6. The molecule has 0 amide bonds. The fourth-order valence-electron chi connectivity index (χ4n) is 2.52. The van der Waals surface area contributed by atoms with Crippen molar-refractivity contribution in [2.24, 2.45) is 0 Å². The van der Waals surface area contributed by atoms with Gasteiger partial charge in [-0.1, -0.05) is 5.16 Å². The maximum absolute atomic E-state index is 5.29. The summed E-state index contributed by atoms with van der Waals surface area (Å²) < 4.78 is 12.4. The van der Waals surface area contributed by atoms with Crippen molar-refractivity contribution >= 4 is 0 Å². The normalized spacial score (nSPS) is 11.1. The van der Waals surface area contributed by atoms with Gasteiger partial charge in [0.25, 0.3) is 5.89 Å². The predicted octanol–water partition coefficient (Wildman–Crippen LogP) is 3.50. The monoisotopic (exact) mass is 321 g/mol. The zero-order valence-electron chi connectivity index (χ0n) is 13.5. The second kappa shape index (κ2) is 5.45. The molecule has 120 valence electrons. The van der Waals surface area contributed by atoms with Crippen LogP contribution in [0.15, 0.2) is 45.7 Å². The summed E-state index contributed by atoms with van der Waals surface area (Å²) in [5, 5.41) is 8.43. The van der Waals surface area contributed by atoms with Crippen LogP contribution >= 0.6 is 0 Å². The second-order valence-corrected chi connectivity index (χ2v) is 5.61. The van der Waals surface area contributed by atoms with Crippen LogP contribution in [-0.4, -0.2) is 24.9 Å². The van der Waals surface area contributed by atoms with Crippen LogP contribution in [-0.2, 0) is 0 Å². The van der Waals surface area contributed by atoms with E-state index in [1.54, 1.807) is 17.1 Å². The summed E-state index contributed by atoms with van der Waals surface area (Å²) in [6, 6.07) is 7.64. The van der Waals surface area contributed by atoms with E-state index in [1.165, 1.54) is 0 Å². The first-order valence-electron chi connectivity index (χ1n) is 7.49. The van der Waals surface area contributed by atoms with E-state index in [2.05, 4.69) is 20.2 Å². The number of furan rings is 1. The number of hydrogen-bond acceptors (Lipinski definition) is 6. The Bertz CT molecular complexity index is 994. The molecule has 0 bridgehead atoms. The summed E-state index contributed by atoms with van der Waals surface area (Å²) >= 11 is 0. The van der Waals surface area contributed by atoms with E-state index in [0.29, 0.717) is 11.7 Å². The van der Waals surface area contributed by atoms with Crippen LogP contribution in [0.3, 0.4) is 0 Å². The lowest BCUT2D eigenvalue weighted by molar-refractivity contribution is 0.431. The van der Waals surface area contributed by atoms with Gasteiger partial charge in [-0.25, -0.2) is 9.67 Å². The van der Waals surface area contributed by atoms with Crippen molar-refractivity contribution in [3.05, 3.63) is 53.9 Å². The Hall–Kier alpha value is -3.22. The first-order valence-corrected chi connectivity index (χ1v) is 7.49. The van der Waals surface area contributed by atoms with Gasteiger partial charge in [0.2, 0.25) is 5.82 Å². The lowest BCUT2D eigenvalue weighted by atomic mass is 10.2. The minimum Gasteiger partial charge on any atom is -0.469 e. The maximum Gasteiger partial charge on any atom is 0.261 e. The highest BCUT2D eigenvalue weighted by Gasteiger charge is 2.13. The minimum absolute atomic E-state index is 0.421. The third-order valence-corrected chi connectivity index (χ3v) is 3.64. The molecular weight excluding hydrogens is 306 g/mol. The SMILES string of the molecule is Cc1cc(C)n(-c2ccc(-c3noc(-c4coc(C)c4)n3)cn2)n1. The molecule has 0 aliphatic carbocycles. The molecule has 4 rings (SSSR count). The number of pyridine rings is 1. The van der Waals surface area contributed by atoms with E-state index in [0.717, 1.165) is 34.1 Å². The van der Waals surface area contributed by atoms with Crippen LogP contribution in [0.5, 0.6) is 0 Å². The van der Waals surface area contributed by atoms with E-state index in [9.17, 15) is 0 Å². The Kier molecular flexibility index (Phi) is 3.26. The molecule has 4 aromatic heterocycles. The summed E-state index contributed by atoms with van der Waals surface area (Å²) in [5.74, 6) is 2.44. The zero-order valence-corrected chi connectivity index (χ0v) is 13.5. The van der Waals surface area contributed by atoms with Gasteiger partial charge in [-0.2, -0.15) is 10.1 Å². The standard InChI is InChI=1S/C17H15N5O2/c1-10-6-11(2)22(20-10)15-5-4-13(8-18-15)16-19-17(24-21-16)14-7-12(3)23-9-14/h4-9H,1-3H3. The first kappa shape index (κ1) is 14.4. The highest BCUT2D eigenvalue weighted by molar-refractivity contribution is 5.59. The van der Waals surface area contributed by atoms with Crippen LogP contribution in [0.1, 0.15) is 17.1 Å². The third kappa shape index (κ3) is 2.50. The smallest absolute Gasteiger partial charge is 0.261 e. The largest absolute Gasteiger partial charge is 0.469 e. The fourth-order valence-corrected chi connectivity index (χ4v) is 2.52. The molecule has 0 aromatic carbocycles. The lowest BCUT2D eigenvalue weighted by Crippen LogP contribution is -2.01. The van der Waals surface area contributed by atoms with Crippen molar-refractivity contribution in [1.29, 1.82) is 0 Å². The van der Waals surface area contributed by atoms with Crippen LogP contribution in [0, 0.1) is 20.8 Å². The average molecular weight is 321 g/mol. The van der Waals surface area contributed by atoms with Gasteiger partial charge in [-0.15, -0.1) is 0 Å². The lowest BCUT2D eigenvalue weighted by Gasteiger charge is -2.03. The van der Waals surface area contributed by atoms with Crippen molar-refractivity contribution in [2.75, 3.05) is 0 Å². The Labute approximate surface area is 138 Å². The molecule has 0 aliphatic heterocycles. The van der Waals surface area contributed by atoms with Crippen LogP contribution < -0.4 is 0 Å².